The zero-order chi connectivity index (χ0) is 11.5. The summed E-state index contributed by atoms with van der Waals surface area (Å²) in [4.78, 5) is 4.12. The molecule has 0 bridgehead atoms. The first kappa shape index (κ1) is 10.5. The van der Waals surface area contributed by atoms with Crippen molar-refractivity contribution < 1.29 is 4.42 Å². The van der Waals surface area contributed by atoms with Gasteiger partial charge in [0, 0.05) is 11.4 Å². The molecule has 1 aromatic carbocycles. The van der Waals surface area contributed by atoms with E-state index in [1.807, 2.05) is 32.0 Å². The summed E-state index contributed by atoms with van der Waals surface area (Å²) in [6.45, 7) is 4.43. The van der Waals surface area contributed by atoms with Gasteiger partial charge in [0.15, 0.2) is 0 Å². The van der Waals surface area contributed by atoms with E-state index in [4.69, 9.17) is 10.2 Å². The van der Waals surface area contributed by atoms with Crippen molar-refractivity contribution in [3.05, 3.63) is 41.6 Å². The van der Waals surface area contributed by atoms with Gasteiger partial charge in [0.1, 0.15) is 5.76 Å². The largest absolute Gasteiger partial charge is 0.444 e. The van der Waals surface area contributed by atoms with Crippen LogP contribution < -0.4 is 11.1 Å². The van der Waals surface area contributed by atoms with Gasteiger partial charge in [-0.15, -0.1) is 0 Å². The molecule has 16 heavy (non-hydrogen) atoms. The van der Waals surface area contributed by atoms with Crippen LogP contribution in [0.4, 0.5) is 11.4 Å². The van der Waals surface area contributed by atoms with Crippen molar-refractivity contribution in [2.24, 2.45) is 0 Å². The Kier molecular flexibility index (Phi) is 2.81. The van der Waals surface area contributed by atoms with E-state index in [2.05, 4.69) is 10.3 Å². The fourth-order valence-corrected chi connectivity index (χ4v) is 1.50. The fraction of sp³-hybridized carbons (Fsp3) is 0.250. The summed E-state index contributed by atoms with van der Waals surface area (Å²) in [6.07, 6.45) is 1.71. The van der Waals surface area contributed by atoms with E-state index in [9.17, 15) is 0 Å². The summed E-state index contributed by atoms with van der Waals surface area (Å²) in [6, 6.07) is 5.79. The Morgan fingerprint density at radius 3 is 2.88 bits per heavy atom. The third kappa shape index (κ3) is 2.16. The van der Waals surface area contributed by atoms with Crippen LogP contribution in [0.2, 0.25) is 0 Å². The van der Waals surface area contributed by atoms with Gasteiger partial charge in [-0.3, -0.25) is 0 Å². The van der Waals surface area contributed by atoms with Crippen LogP contribution in [0.3, 0.4) is 0 Å². The second kappa shape index (κ2) is 4.26. The summed E-state index contributed by atoms with van der Waals surface area (Å²) in [5.41, 5.74) is 8.66. The number of nitrogen functional groups attached to an aromatic ring is 1. The molecule has 4 nitrogen and oxygen atoms in total. The molecular formula is C12H15N3O. The maximum Gasteiger partial charge on any atom is 0.213 e. The number of aromatic nitrogens is 1. The second-order valence-corrected chi connectivity index (χ2v) is 3.74. The number of nitrogens with two attached hydrogens (primary N) is 1. The number of anilines is 2. The molecule has 2 aromatic rings. The van der Waals surface area contributed by atoms with Crippen LogP contribution in [-0.2, 0) is 6.54 Å². The molecule has 2 rings (SSSR count). The van der Waals surface area contributed by atoms with E-state index in [0.717, 1.165) is 22.7 Å². The van der Waals surface area contributed by atoms with Crippen molar-refractivity contribution in [1.29, 1.82) is 0 Å². The van der Waals surface area contributed by atoms with Crippen LogP contribution in [0, 0.1) is 13.8 Å². The lowest BCUT2D eigenvalue weighted by Crippen LogP contribution is -2.02. The Balaban J connectivity index is 2.07. The maximum atomic E-state index is 5.81. The fourth-order valence-electron chi connectivity index (χ4n) is 1.50. The van der Waals surface area contributed by atoms with Gasteiger partial charge < -0.3 is 15.5 Å². The number of oxazole rings is 1. The molecule has 1 heterocycles. The van der Waals surface area contributed by atoms with Crippen LogP contribution in [0.5, 0.6) is 0 Å². The third-order valence-electron chi connectivity index (χ3n) is 2.47. The second-order valence-electron chi connectivity index (χ2n) is 3.74. The lowest BCUT2D eigenvalue weighted by molar-refractivity contribution is 0.479. The van der Waals surface area contributed by atoms with Crippen LogP contribution in [0.15, 0.2) is 28.8 Å². The van der Waals surface area contributed by atoms with Crippen molar-refractivity contribution in [2.45, 2.75) is 20.4 Å². The normalized spacial score (nSPS) is 10.4. The van der Waals surface area contributed by atoms with Crippen LogP contribution >= 0.6 is 0 Å². The number of nitrogens with one attached hydrogen (secondary N) is 1. The van der Waals surface area contributed by atoms with Gasteiger partial charge in [0.25, 0.3) is 0 Å². The van der Waals surface area contributed by atoms with E-state index in [1.54, 1.807) is 6.20 Å². The highest BCUT2D eigenvalue weighted by Gasteiger charge is 2.03. The van der Waals surface area contributed by atoms with Crippen molar-refractivity contribution in [3.63, 3.8) is 0 Å². The van der Waals surface area contributed by atoms with Gasteiger partial charge in [-0.05, 0) is 31.5 Å². The van der Waals surface area contributed by atoms with E-state index in [0.29, 0.717) is 12.4 Å². The molecular weight excluding hydrogens is 202 g/mol. The Morgan fingerprint density at radius 2 is 2.19 bits per heavy atom. The molecule has 0 atom stereocenters. The zero-order valence-electron chi connectivity index (χ0n) is 9.45. The number of hydrogen-bond acceptors (Lipinski definition) is 4. The maximum absolute atomic E-state index is 5.81. The molecule has 0 fully saturated rings. The van der Waals surface area contributed by atoms with Gasteiger partial charge in [-0.2, -0.15) is 0 Å². The number of aryl methyl sites for hydroxylation is 1. The molecule has 0 spiro atoms. The summed E-state index contributed by atoms with van der Waals surface area (Å²) in [7, 11) is 0. The molecule has 0 unspecified atom stereocenters. The quantitative estimate of drug-likeness (QED) is 0.775. The molecule has 0 aliphatic rings. The van der Waals surface area contributed by atoms with E-state index >= 15 is 0 Å². The molecule has 0 aliphatic carbocycles. The molecule has 0 aliphatic heterocycles. The van der Waals surface area contributed by atoms with Crippen LogP contribution in [0.1, 0.15) is 17.2 Å². The molecule has 0 saturated heterocycles. The smallest absolute Gasteiger partial charge is 0.213 e. The van der Waals surface area contributed by atoms with E-state index < -0.39 is 0 Å². The van der Waals surface area contributed by atoms with Crippen molar-refractivity contribution in [1.82, 2.24) is 4.98 Å². The molecule has 3 N–H and O–H groups in total. The van der Waals surface area contributed by atoms with E-state index in [1.165, 1.54) is 0 Å². The van der Waals surface area contributed by atoms with Crippen LogP contribution in [0.25, 0.3) is 0 Å². The summed E-state index contributed by atoms with van der Waals surface area (Å²) >= 11 is 0. The lowest BCUT2D eigenvalue weighted by atomic mass is 10.1. The third-order valence-corrected chi connectivity index (χ3v) is 2.47. The molecule has 0 saturated carbocycles. The Labute approximate surface area is 94.5 Å². The Hall–Kier alpha value is -1.97. The van der Waals surface area contributed by atoms with Crippen LogP contribution in [-0.4, -0.2) is 4.98 Å². The topological polar surface area (TPSA) is 64.1 Å². The Bertz CT molecular complexity index is 491. The van der Waals surface area contributed by atoms with E-state index in [-0.39, 0.29) is 0 Å². The standard InChI is InChI=1S/C12H15N3O/c1-8-6-15-12(16-8)7-14-11-5-3-4-10(13)9(11)2/h3-6,14H,7,13H2,1-2H3. The summed E-state index contributed by atoms with van der Waals surface area (Å²) in [5.74, 6) is 1.50. The predicted molar refractivity (Wildman–Crippen MR) is 64.2 cm³/mol. The summed E-state index contributed by atoms with van der Waals surface area (Å²) < 4.78 is 5.37. The zero-order valence-corrected chi connectivity index (χ0v) is 9.45. The SMILES string of the molecule is Cc1cnc(CNc2cccc(N)c2C)o1. The minimum absolute atomic E-state index is 0.568. The monoisotopic (exact) mass is 217 g/mol. The highest BCUT2D eigenvalue weighted by molar-refractivity contribution is 5.62. The first-order valence-corrected chi connectivity index (χ1v) is 5.17. The number of benzene rings is 1. The average Bonchev–Trinajstić information content (AvgIpc) is 2.67. The van der Waals surface area contributed by atoms with Gasteiger partial charge in [-0.25, -0.2) is 4.98 Å². The molecule has 4 heteroatoms. The highest BCUT2D eigenvalue weighted by Crippen LogP contribution is 2.20. The number of rotatable bonds is 3. The average molecular weight is 217 g/mol. The van der Waals surface area contributed by atoms with Crippen molar-refractivity contribution in [3.8, 4) is 0 Å². The number of nitrogens with zero attached hydrogens (tertiary/aromatic N) is 1. The Morgan fingerprint density at radius 1 is 1.38 bits per heavy atom. The minimum atomic E-state index is 0.568. The van der Waals surface area contributed by atoms with Gasteiger partial charge in [0.2, 0.25) is 5.89 Å². The molecule has 1 aromatic heterocycles. The highest BCUT2D eigenvalue weighted by atomic mass is 16.4. The summed E-state index contributed by atoms with van der Waals surface area (Å²) in [5, 5.41) is 3.25. The van der Waals surface area contributed by atoms with Crippen molar-refractivity contribution in [2.75, 3.05) is 11.1 Å². The molecule has 0 amide bonds. The number of hydrogen-bond donors (Lipinski definition) is 2. The first-order valence-electron chi connectivity index (χ1n) is 5.17. The van der Waals surface area contributed by atoms with Gasteiger partial charge >= 0.3 is 0 Å². The lowest BCUT2D eigenvalue weighted by Gasteiger charge is -2.09. The predicted octanol–water partition coefficient (Wildman–Crippen LogP) is 2.49. The minimum Gasteiger partial charge on any atom is -0.444 e. The molecule has 84 valence electrons. The van der Waals surface area contributed by atoms with Gasteiger partial charge in [-0.1, -0.05) is 6.07 Å². The van der Waals surface area contributed by atoms with Crippen molar-refractivity contribution >= 4 is 11.4 Å². The first-order chi connectivity index (χ1) is 7.66. The molecule has 0 radical (unpaired) electrons. The van der Waals surface area contributed by atoms with Gasteiger partial charge in [0.05, 0.1) is 12.7 Å².